The van der Waals surface area contributed by atoms with Gasteiger partial charge in [-0.3, -0.25) is 5.21 Å². The minimum Gasteiger partial charge on any atom is -0.458 e. The summed E-state index contributed by atoms with van der Waals surface area (Å²) in [6.07, 6.45) is 1.61. The third-order valence-electron chi connectivity index (χ3n) is 2.64. The Bertz CT molecular complexity index is 302. The summed E-state index contributed by atoms with van der Waals surface area (Å²) < 4.78 is 4.68. The minimum atomic E-state index is -1.19. The van der Waals surface area contributed by atoms with Gasteiger partial charge < -0.3 is 14.7 Å². The first-order valence-corrected chi connectivity index (χ1v) is 5.97. The van der Waals surface area contributed by atoms with Gasteiger partial charge in [-0.25, -0.2) is 4.79 Å². The number of rotatable bonds is 6. The zero-order valence-electron chi connectivity index (χ0n) is 10.2. The molecule has 6 heteroatoms. The molecule has 1 aliphatic heterocycles. The standard InChI is InChI=1S/C11H19NO5/c1-3-5-6-7-8-10(13)9(12(15)17-8)11(14)16-4-2/h8,10,13H,3-7H2,1-2H3/t8-,10+/m0/s1. The average molecular weight is 245 g/mol. The summed E-state index contributed by atoms with van der Waals surface area (Å²) in [5, 5.41) is 21.2. The van der Waals surface area contributed by atoms with E-state index in [0.29, 0.717) is 6.42 Å². The monoisotopic (exact) mass is 245 g/mol. The number of hydrogen-bond donors (Lipinski definition) is 1. The smallest absolute Gasteiger partial charge is 0.408 e. The van der Waals surface area contributed by atoms with Crippen molar-refractivity contribution < 1.29 is 24.4 Å². The normalized spacial score (nSPS) is 23.7. The van der Waals surface area contributed by atoms with Crippen molar-refractivity contribution in [2.24, 2.45) is 0 Å². The summed E-state index contributed by atoms with van der Waals surface area (Å²) in [4.78, 5) is 16.4. The molecule has 0 aliphatic carbocycles. The van der Waals surface area contributed by atoms with Gasteiger partial charge in [0.15, 0.2) is 6.10 Å². The molecule has 6 nitrogen and oxygen atoms in total. The summed E-state index contributed by atoms with van der Waals surface area (Å²) in [5.74, 6) is -0.812. The molecule has 17 heavy (non-hydrogen) atoms. The van der Waals surface area contributed by atoms with Gasteiger partial charge in [0.2, 0.25) is 0 Å². The summed E-state index contributed by atoms with van der Waals surface area (Å²) in [6.45, 7) is 3.85. The van der Waals surface area contributed by atoms with E-state index in [2.05, 4.69) is 11.7 Å². The van der Waals surface area contributed by atoms with Crippen LogP contribution in [0.5, 0.6) is 0 Å². The third kappa shape index (κ3) is 3.33. The third-order valence-corrected chi connectivity index (χ3v) is 2.64. The van der Waals surface area contributed by atoms with Gasteiger partial charge >= 0.3 is 11.7 Å². The number of aliphatic hydroxyl groups is 1. The van der Waals surface area contributed by atoms with E-state index in [9.17, 15) is 15.1 Å². The molecule has 0 bridgehead atoms. The highest BCUT2D eigenvalue weighted by Gasteiger charge is 2.44. The quantitative estimate of drug-likeness (QED) is 0.424. The van der Waals surface area contributed by atoms with Gasteiger partial charge in [0.1, 0.15) is 6.10 Å². The van der Waals surface area contributed by atoms with Crippen LogP contribution in [0.2, 0.25) is 0 Å². The molecule has 0 unspecified atom stereocenters. The van der Waals surface area contributed by atoms with E-state index in [1.807, 2.05) is 0 Å². The van der Waals surface area contributed by atoms with Crippen molar-refractivity contribution >= 4 is 11.7 Å². The maximum absolute atomic E-state index is 11.4. The molecule has 2 atom stereocenters. The van der Waals surface area contributed by atoms with Crippen LogP contribution >= 0.6 is 0 Å². The van der Waals surface area contributed by atoms with E-state index in [-0.39, 0.29) is 17.2 Å². The first-order valence-electron chi connectivity index (χ1n) is 5.97. The largest absolute Gasteiger partial charge is 0.458 e. The molecule has 0 saturated heterocycles. The maximum atomic E-state index is 11.4. The van der Waals surface area contributed by atoms with Crippen molar-refractivity contribution in [3.8, 4) is 0 Å². The van der Waals surface area contributed by atoms with Crippen LogP contribution in [-0.2, 0) is 14.4 Å². The van der Waals surface area contributed by atoms with Crippen molar-refractivity contribution in [1.82, 2.24) is 0 Å². The Labute approximate surface area is 100 Å². The molecular formula is C11H19NO5. The summed E-state index contributed by atoms with van der Waals surface area (Å²) in [5.41, 5.74) is -0.353. The van der Waals surface area contributed by atoms with E-state index >= 15 is 0 Å². The van der Waals surface area contributed by atoms with Crippen LogP contribution in [0.25, 0.3) is 0 Å². The molecular weight excluding hydrogens is 226 g/mol. The molecule has 0 radical (unpaired) electrons. The highest BCUT2D eigenvalue weighted by atomic mass is 16.9. The number of nitrogens with zero attached hydrogens (tertiary/aromatic N) is 1. The lowest BCUT2D eigenvalue weighted by Gasteiger charge is -2.13. The van der Waals surface area contributed by atoms with Gasteiger partial charge in [0, 0.05) is 0 Å². The second-order valence-corrected chi connectivity index (χ2v) is 3.95. The number of carbonyl (C=O) groups excluding carboxylic acids is 1. The fraction of sp³-hybridized carbons (Fsp3) is 0.818. The van der Waals surface area contributed by atoms with Crippen molar-refractivity contribution in [3.63, 3.8) is 0 Å². The Morgan fingerprint density at radius 2 is 2.24 bits per heavy atom. The number of esters is 1. The zero-order chi connectivity index (χ0) is 12.8. The van der Waals surface area contributed by atoms with Crippen molar-refractivity contribution in [2.75, 3.05) is 6.61 Å². The molecule has 0 aromatic heterocycles. The molecule has 0 aromatic carbocycles. The Balaban J connectivity index is 2.56. The molecule has 1 N–H and O–H groups in total. The molecule has 0 aromatic rings. The van der Waals surface area contributed by atoms with E-state index in [1.54, 1.807) is 6.92 Å². The summed E-state index contributed by atoms with van der Waals surface area (Å²) in [6, 6.07) is 0. The van der Waals surface area contributed by atoms with Crippen LogP contribution in [0.15, 0.2) is 0 Å². The van der Waals surface area contributed by atoms with Gasteiger partial charge in [-0.05, 0) is 13.3 Å². The summed E-state index contributed by atoms with van der Waals surface area (Å²) >= 11 is 0. The molecule has 98 valence electrons. The Kier molecular flexibility index (Phi) is 5.21. The first kappa shape index (κ1) is 13.8. The summed E-state index contributed by atoms with van der Waals surface area (Å²) in [7, 11) is 0. The van der Waals surface area contributed by atoms with Gasteiger partial charge in [-0.15, -0.1) is 0 Å². The maximum Gasteiger partial charge on any atom is 0.408 e. The molecule has 1 aliphatic rings. The van der Waals surface area contributed by atoms with Crippen LogP contribution in [-0.4, -0.2) is 40.5 Å². The molecule has 1 heterocycles. The lowest BCUT2D eigenvalue weighted by Crippen LogP contribution is -2.35. The van der Waals surface area contributed by atoms with Gasteiger partial charge in [-0.1, -0.05) is 26.2 Å². The molecule has 0 spiro atoms. The van der Waals surface area contributed by atoms with E-state index in [0.717, 1.165) is 19.3 Å². The fourth-order valence-corrected chi connectivity index (χ4v) is 1.73. The zero-order valence-corrected chi connectivity index (χ0v) is 10.2. The number of ether oxygens (including phenoxy) is 1. The SMILES string of the molecule is CCCCC[C@@H]1O[N+]([O-])=C(C(=O)OCC)[C@@H]1O. The number of unbranched alkanes of at least 4 members (excludes halogenated alkanes) is 2. The second kappa shape index (κ2) is 6.44. The highest BCUT2D eigenvalue weighted by molar-refractivity contribution is 6.36. The molecule has 0 amide bonds. The van der Waals surface area contributed by atoms with Crippen molar-refractivity contribution in [3.05, 3.63) is 5.21 Å². The van der Waals surface area contributed by atoms with Crippen LogP contribution in [0, 0.1) is 5.21 Å². The molecule has 0 saturated carbocycles. The number of aliphatic hydroxyl groups excluding tert-OH is 1. The predicted octanol–water partition coefficient (Wildman–Crippen LogP) is 0.756. The second-order valence-electron chi connectivity index (χ2n) is 3.95. The molecule has 1 rings (SSSR count). The van der Waals surface area contributed by atoms with Crippen LogP contribution in [0.1, 0.15) is 39.5 Å². The molecule has 0 fully saturated rings. The Morgan fingerprint density at radius 3 is 2.82 bits per heavy atom. The van der Waals surface area contributed by atoms with Crippen LogP contribution in [0.3, 0.4) is 0 Å². The van der Waals surface area contributed by atoms with Gasteiger partial charge in [0.25, 0.3) is 0 Å². The predicted molar refractivity (Wildman–Crippen MR) is 60.3 cm³/mol. The topological polar surface area (TPSA) is 81.8 Å². The number of hydrogen-bond acceptors (Lipinski definition) is 5. The van der Waals surface area contributed by atoms with Crippen LogP contribution in [0.4, 0.5) is 0 Å². The van der Waals surface area contributed by atoms with Gasteiger partial charge in [-0.2, -0.15) is 0 Å². The Morgan fingerprint density at radius 1 is 1.53 bits per heavy atom. The highest BCUT2D eigenvalue weighted by Crippen LogP contribution is 2.18. The lowest BCUT2D eigenvalue weighted by atomic mass is 10.0. The van der Waals surface area contributed by atoms with Crippen molar-refractivity contribution in [1.29, 1.82) is 0 Å². The Hall–Kier alpha value is -1.30. The van der Waals surface area contributed by atoms with E-state index in [4.69, 9.17) is 4.84 Å². The van der Waals surface area contributed by atoms with Crippen LogP contribution < -0.4 is 0 Å². The van der Waals surface area contributed by atoms with Crippen molar-refractivity contribution in [2.45, 2.75) is 51.7 Å². The van der Waals surface area contributed by atoms with E-state index < -0.39 is 18.2 Å². The lowest BCUT2D eigenvalue weighted by molar-refractivity contribution is -0.740. The first-order chi connectivity index (χ1) is 8.11. The fourth-order valence-electron chi connectivity index (χ4n) is 1.73. The minimum absolute atomic E-state index is 0.0826. The van der Waals surface area contributed by atoms with E-state index in [1.165, 1.54) is 0 Å². The average Bonchev–Trinajstić information content (AvgIpc) is 2.55. The van der Waals surface area contributed by atoms with Gasteiger partial charge in [0.05, 0.1) is 11.5 Å². The number of carbonyl (C=O) groups is 1.